The molecule has 0 radical (unpaired) electrons. The van der Waals surface area contributed by atoms with E-state index >= 15 is 0 Å². The van der Waals surface area contributed by atoms with Crippen LogP contribution < -0.4 is 10.1 Å². The zero-order valence-electron chi connectivity index (χ0n) is 11.5. The Morgan fingerprint density at radius 2 is 1.71 bits per heavy atom. The number of aryl methyl sites for hydroxylation is 1. The van der Waals surface area contributed by atoms with Crippen LogP contribution in [0.5, 0.6) is 5.75 Å². The smallest absolute Gasteiger partial charge is 0.387 e. The number of ether oxygens (including phenoxy) is 1. The summed E-state index contributed by atoms with van der Waals surface area (Å²) in [6.45, 7) is -0.876. The van der Waals surface area contributed by atoms with Gasteiger partial charge in [0.05, 0.1) is 6.42 Å². The lowest BCUT2D eigenvalue weighted by atomic mass is 10.1. The first-order valence-corrected chi connectivity index (χ1v) is 6.43. The fraction of sp³-hybridized carbons (Fsp3) is 0.188. The maximum Gasteiger partial charge on any atom is 0.387 e. The zero-order chi connectivity index (χ0) is 15.2. The monoisotopic (exact) mass is 291 g/mol. The molecule has 0 saturated heterocycles. The highest BCUT2D eigenvalue weighted by molar-refractivity contribution is 5.92. The number of carbonyl (C=O) groups excluding carboxylic acids is 1. The fourth-order valence-electron chi connectivity index (χ4n) is 1.82. The number of halogens is 2. The van der Waals surface area contributed by atoms with E-state index in [1.807, 2.05) is 31.2 Å². The molecule has 0 aromatic heterocycles. The Hall–Kier alpha value is -2.43. The highest BCUT2D eigenvalue weighted by Crippen LogP contribution is 2.18. The summed E-state index contributed by atoms with van der Waals surface area (Å²) in [6, 6.07) is 13.5. The SMILES string of the molecule is Cc1ccc(CC(=O)Nc2ccc(OC(F)F)cc2)cc1. The zero-order valence-corrected chi connectivity index (χ0v) is 11.5. The van der Waals surface area contributed by atoms with Crippen molar-refractivity contribution in [1.29, 1.82) is 0 Å². The minimum absolute atomic E-state index is 0.0570. The molecule has 5 heteroatoms. The third kappa shape index (κ3) is 4.87. The molecule has 2 rings (SSSR count). The Bertz CT molecular complexity index is 595. The van der Waals surface area contributed by atoms with Crippen LogP contribution in [0.4, 0.5) is 14.5 Å². The van der Waals surface area contributed by atoms with Crippen molar-refractivity contribution >= 4 is 11.6 Å². The Labute approximate surface area is 121 Å². The molecule has 0 aliphatic heterocycles. The van der Waals surface area contributed by atoms with E-state index in [1.54, 1.807) is 0 Å². The average molecular weight is 291 g/mol. The van der Waals surface area contributed by atoms with Gasteiger partial charge in [-0.15, -0.1) is 0 Å². The molecule has 0 aliphatic rings. The van der Waals surface area contributed by atoms with Crippen LogP contribution in [0.25, 0.3) is 0 Å². The van der Waals surface area contributed by atoms with E-state index < -0.39 is 6.61 Å². The van der Waals surface area contributed by atoms with Gasteiger partial charge in [-0.3, -0.25) is 4.79 Å². The Morgan fingerprint density at radius 1 is 1.10 bits per heavy atom. The number of benzene rings is 2. The lowest BCUT2D eigenvalue weighted by Crippen LogP contribution is -2.14. The van der Waals surface area contributed by atoms with Gasteiger partial charge in [0.15, 0.2) is 0 Å². The molecule has 0 aliphatic carbocycles. The molecule has 0 bridgehead atoms. The van der Waals surface area contributed by atoms with Crippen molar-refractivity contribution < 1.29 is 18.3 Å². The summed E-state index contributed by atoms with van der Waals surface area (Å²) in [6.07, 6.45) is 0.259. The van der Waals surface area contributed by atoms with Gasteiger partial charge in [0.1, 0.15) is 5.75 Å². The quantitative estimate of drug-likeness (QED) is 0.910. The molecule has 0 saturated carbocycles. The second kappa shape index (κ2) is 6.83. The van der Waals surface area contributed by atoms with Gasteiger partial charge in [-0.25, -0.2) is 0 Å². The third-order valence-electron chi connectivity index (χ3n) is 2.85. The average Bonchev–Trinajstić information content (AvgIpc) is 2.43. The van der Waals surface area contributed by atoms with Crippen molar-refractivity contribution in [3.8, 4) is 5.75 Å². The molecular weight excluding hydrogens is 276 g/mol. The van der Waals surface area contributed by atoms with Crippen LogP contribution in [-0.2, 0) is 11.2 Å². The minimum atomic E-state index is -2.85. The molecular formula is C16H15F2NO2. The summed E-state index contributed by atoms with van der Waals surface area (Å²) in [4.78, 5) is 11.9. The van der Waals surface area contributed by atoms with Crippen LogP contribution in [0.2, 0.25) is 0 Å². The summed E-state index contributed by atoms with van der Waals surface area (Å²) in [5.74, 6) is -0.108. The first-order chi connectivity index (χ1) is 10.0. The summed E-state index contributed by atoms with van der Waals surface area (Å²) >= 11 is 0. The summed E-state index contributed by atoms with van der Waals surface area (Å²) in [7, 11) is 0. The molecule has 0 heterocycles. The van der Waals surface area contributed by atoms with Gasteiger partial charge in [-0.2, -0.15) is 8.78 Å². The Morgan fingerprint density at radius 3 is 2.29 bits per heavy atom. The molecule has 0 atom stereocenters. The molecule has 1 N–H and O–H groups in total. The van der Waals surface area contributed by atoms with Crippen molar-refractivity contribution in [1.82, 2.24) is 0 Å². The van der Waals surface area contributed by atoms with Gasteiger partial charge in [-0.05, 0) is 36.8 Å². The second-order valence-electron chi connectivity index (χ2n) is 4.61. The summed E-state index contributed by atoms with van der Waals surface area (Å²) in [5, 5.41) is 2.70. The van der Waals surface area contributed by atoms with Gasteiger partial charge in [0.25, 0.3) is 0 Å². The largest absolute Gasteiger partial charge is 0.435 e. The molecule has 1 amide bonds. The highest BCUT2D eigenvalue weighted by Gasteiger charge is 2.06. The van der Waals surface area contributed by atoms with E-state index in [1.165, 1.54) is 24.3 Å². The maximum absolute atomic E-state index is 12.0. The van der Waals surface area contributed by atoms with Crippen molar-refractivity contribution in [2.75, 3.05) is 5.32 Å². The molecule has 21 heavy (non-hydrogen) atoms. The number of hydrogen-bond donors (Lipinski definition) is 1. The van der Waals surface area contributed by atoms with Gasteiger partial charge in [0, 0.05) is 5.69 Å². The van der Waals surface area contributed by atoms with E-state index in [0.717, 1.165) is 11.1 Å². The normalized spacial score (nSPS) is 10.5. The van der Waals surface area contributed by atoms with Crippen LogP contribution in [0.3, 0.4) is 0 Å². The second-order valence-corrected chi connectivity index (χ2v) is 4.61. The van der Waals surface area contributed by atoms with Gasteiger partial charge in [0.2, 0.25) is 5.91 Å². The van der Waals surface area contributed by atoms with Crippen LogP contribution >= 0.6 is 0 Å². The van der Waals surface area contributed by atoms with Crippen LogP contribution in [-0.4, -0.2) is 12.5 Å². The van der Waals surface area contributed by atoms with E-state index in [0.29, 0.717) is 5.69 Å². The third-order valence-corrected chi connectivity index (χ3v) is 2.85. The van der Waals surface area contributed by atoms with Crippen molar-refractivity contribution in [3.05, 3.63) is 59.7 Å². The topological polar surface area (TPSA) is 38.3 Å². The number of alkyl halides is 2. The summed E-state index contributed by atoms with van der Waals surface area (Å²) in [5.41, 5.74) is 2.58. The van der Waals surface area contributed by atoms with Crippen LogP contribution in [0, 0.1) is 6.92 Å². The van der Waals surface area contributed by atoms with Gasteiger partial charge >= 0.3 is 6.61 Å². The number of amides is 1. The molecule has 0 spiro atoms. The van der Waals surface area contributed by atoms with Crippen molar-refractivity contribution in [2.24, 2.45) is 0 Å². The molecule has 2 aromatic carbocycles. The number of hydrogen-bond acceptors (Lipinski definition) is 2. The molecule has 3 nitrogen and oxygen atoms in total. The Kier molecular flexibility index (Phi) is 4.87. The minimum Gasteiger partial charge on any atom is -0.435 e. The first kappa shape index (κ1) is 15.0. The number of rotatable bonds is 5. The van der Waals surface area contributed by atoms with E-state index in [-0.39, 0.29) is 18.1 Å². The predicted octanol–water partition coefficient (Wildman–Crippen LogP) is 3.78. The molecule has 0 fully saturated rings. The maximum atomic E-state index is 12.0. The lowest BCUT2D eigenvalue weighted by molar-refractivity contribution is -0.115. The van der Waals surface area contributed by atoms with Crippen LogP contribution in [0.1, 0.15) is 11.1 Å². The molecule has 0 unspecified atom stereocenters. The number of carbonyl (C=O) groups is 1. The Balaban J connectivity index is 1.91. The highest BCUT2D eigenvalue weighted by atomic mass is 19.3. The standard InChI is InChI=1S/C16H15F2NO2/c1-11-2-4-12(5-3-11)10-15(20)19-13-6-8-14(9-7-13)21-16(17)18/h2-9,16H,10H2,1H3,(H,19,20). The lowest BCUT2D eigenvalue weighted by Gasteiger charge is -2.08. The number of anilines is 1. The fourth-order valence-corrected chi connectivity index (χ4v) is 1.82. The molecule has 110 valence electrons. The van der Waals surface area contributed by atoms with Gasteiger partial charge < -0.3 is 10.1 Å². The van der Waals surface area contributed by atoms with Gasteiger partial charge in [-0.1, -0.05) is 29.8 Å². The summed E-state index contributed by atoms with van der Waals surface area (Å²) < 4.78 is 28.3. The predicted molar refractivity (Wildman–Crippen MR) is 76.6 cm³/mol. The van der Waals surface area contributed by atoms with Crippen molar-refractivity contribution in [2.45, 2.75) is 20.0 Å². The van der Waals surface area contributed by atoms with E-state index in [4.69, 9.17) is 0 Å². The van der Waals surface area contributed by atoms with Crippen LogP contribution in [0.15, 0.2) is 48.5 Å². The van der Waals surface area contributed by atoms with E-state index in [9.17, 15) is 13.6 Å². The van der Waals surface area contributed by atoms with E-state index in [2.05, 4.69) is 10.1 Å². The first-order valence-electron chi connectivity index (χ1n) is 6.43. The molecule has 2 aromatic rings. The van der Waals surface area contributed by atoms with Crippen molar-refractivity contribution in [3.63, 3.8) is 0 Å². The number of nitrogens with one attached hydrogen (secondary N) is 1.